The van der Waals surface area contributed by atoms with Crippen molar-refractivity contribution in [1.82, 2.24) is 62.5 Å². The topological polar surface area (TPSA) is 315 Å². The van der Waals surface area contributed by atoms with E-state index in [9.17, 15) is 50.6 Å². The Morgan fingerprint density at radius 2 is 0.619 bits per heavy atom. The number of hydrogen-bond donors (Lipinski definition) is 0. The summed E-state index contributed by atoms with van der Waals surface area (Å²) in [4.78, 5) is 82.8. The second-order valence-electron chi connectivity index (χ2n) is 14.8. The molecule has 0 aromatic carbocycles. The van der Waals surface area contributed by atoms with E-state index in [1.165, 1.54) is 41.4 Å². The molecule has 0 aliphatic carbocycles. The molecule has 63 heavy (non-hydrogen) atoms. The van der Waals surface area contributed by atoms with Crippen molar-refractivity contribution >= 4 is 29.1 Å². The van der Waals surface area contributed by atoms with Crippen LogP contribution in [0.2, 0.25) is 0 Å². The third-order valence-corrected chi connectivity index (χ3v) is 10.9. The number of hydrogen-bond acceptors (Lipinski definition) is 18. The van der Waals surface area contributed by atoms with Crippen LogP contribution in [0.25, 0.3) is 0 Å². The smallest absolute Gasteiger partial charge is 0.343 e. The van der Waals surface area contributed by atoms with Gasteiger partial charge in [0.2, 0.25) is 0 Å². The second kappa shape index (κ2) is 21.1. The fourth-order valence-corrected chi connectivity index (χ4v) is 7.36. The van der Waals surface area contributed by atoms with Gasteiger partial charge in [-0.3, -0.25) is 9.80 Å². The lowest BCUT2D eigenvalue weighted by molar-refractivity contribution is -0.393. The molecule has 0 N–H and O–H groups in total. The molecular formula is C35H50N18O10. The monoisotopic (exact) mass is 882 g/mol. The van der Waals surface area contributed by atoms with Gasteiger partial charge in [-0.15, -0.1) is 0 Å². The predicted molar refractivity (Wildman–Crippen MR) is 222 cm³/mol. The van der Waals surface area contributed by atoms with Crippen LogP contribution in [0.1, 0.15) is 48.4 Å². The van der Waals surface area contributed by atoms with E-state index in [1.807, 2.05) is 4.90 Å². The molecule has 0 unspecified atom stereocenters. The summed E-state index contributed by atoms with van der Waals surface area (Å²) in [5, 5.41) is 58.8. The van der Waals surface area contributed by atoms with Crippen molar-refractivity contribution in [3.8, 4) is 0 Å². The zero-order valence-corrected chi connectivity index (χ0v) is 35.6. The lowest BCUT2D eigenvalue weighted by Gasteiger charge is -2.26. The van der Waals surface area contributed by atoms with Gasteiger partial charge in [-0.05, 0) is 63.5 Å². The normalized spacial score (nSPS) is 11.7. The highest BCUT2D eigenvalue weighted by Gasteiger charge is 2.26. The van der Waals surface area contributed by atoms with Crippen LogP contribution in [0, 0.1) is 85.2 Å². The molecule has 0 radical (unpaired) electrons. The fourth-order valence-electron chi connectivity index (χ4n) is 7.36. The van der Waals surface area contributed by atoms with Crippen molar-refractivity contribution in [2.45, 2.75) is 86.9 Å². The van der Waals surface area contributed by atoms with Crippen molar-refractivity contribution in [3.63, 3.8) is 0 Å². The molecule has 28 nitrogen and oxygen atoms in total. The fraction of sp³-hybridized carbons (Fsp3) is 0.571. The molecule has 0 bridgehead atoms. The molecule has 0 saturated heterocycles. The van der Waals surface area contributed by atoms with Crippen LogP contribution in [-0.4, -0.2) is 133 Å². The maximum Gasteiger partial charge on any atom is 0.343 e. The Kier molecular flexibility index (Phi) is 15.8. The van der Waals surface area contributed by atoms with E-state index in [4.69, 9.17) is 0 Å². The summed E-state index contributed by atoms with van der Waals surface area (Å²) in [6.45, 7) is 12.1. The van der Waals surface area contributed by atoms with E-state index < -0.39 is 24.6 Å². The Labute approximate surface area is 359 Å². The molecule has 0 amide bonds. The van der Waals surface area contributed by atoms with Crippen molar-refractivity contribution in [1.29, 1.82) is 0 Å². The lowest BCUT2D eigenvalue weighted by atomic mass is 10.2. The highest BCUT2D eigenvalue weighted by atomic mass is 16.6. The van der Waals surface area contributed by atoms with E-state index in [0.717, 1.165) is 12.4 Å². The van der Waals surface area contributed by atoms with Crippen LogP contribution in [0.15, 0.2) is 31.0 Å². The van der Waals surface area contributed by atoms with E-state index in [-0.39, 0.29) is 62.1 Å². The molecule has 340 valence electrons. The molecule has 0 saturated carbocycles. The summed E-state index contributed by atoms with van der Waals surface area (Å²) in [6, 6.07) is 0. The van der Waals surface area contributed by atoms with Crippen LogP contribution in [-0.2, 0) is 33.0 Å². The zero-order valence-electron chi connectivity index (χ0n) is 35.6. The minimum Gasteiger partial charge on any atom is -0.358 e. The van der Waals surface area contributed by atoms with Crippen molar-refractivity contribution in [2.75, 3.05) is 45.8 Å². The van der Waals surface area contributed by atoms with Crippen LogP contribution in [0.3, 0.4) is 0 Å². The van der Waals surface area contributed by atoms with Gasteiger partial charge in [0.1, 0.15) is 50.6 Å². The summed E-state index contributed by atoms with van der Waals surface area (Å²) in [5.41, 5.74) is 0. The number of imidazole rings is 5. The summed E-state index contributed by atoms with van der Waals surface area (Å²) in [5.74, 6) is 1.29. The van der Waals surface area contributed by atoms with Crippen LogP contribution >= 0.6 is 0 Å². The minimum absolute atomic E-state index is 0.0174. The molecule has 0 aliphatic heterocycles. The van der Waals surface area contributed by atoms with E-state index >= 15 is 0 Å². The minimum atomic E-state index is -0.542. The van der Waals surface area contributed by atoms with Gasteiger partial charge in [-0.2, -0.15) is 9.13 Å². The molecule has 0 aliphatic rings. The van der Waals surface area contributed by atoms with E-state index in [2.05, 4.69) is 34.7 Å². The highest BCUT2D eigenvalue weighted by Crippen LogP contribution is 2.20. The number of nitro groups is 5. The summed E-state index contributed by atoms with van der Waals surface area (Å²) in [6.07, 6.45) is 7.68. The van der Waals surface area contributed by atoms with Gasteiger partial charge >= 0.3 is 29.1 Å². The first-order chi connectivity index (χ1) is 30.0. The van der Waals surface area contributed by atoms with Gasteiger partial charge in [0.05, 0.1) is 0 Å². The van der Waals surface area contributed by atoms with Crippen molar-refractivity contribution in [3.05, 3.63) is 111 Å². The number of aryl methyl sites for hydroxylation is 5. The Hall–Kier alpha value is -7.07. The second-order valence-corrected chi connectivity index (χ2v) is 14.8. The first-order valence-electron chi connectivity index (χ1n) is 20.0. The standard InChI is InChI=1S/C35H50N18O10/c1-26-36-19-31(49(54)55)44(26)16-13-41(9-6-7-10-43(24-47-29(4)39-22-34(47)52(60)61)25-48-30(5)40-23-35(48)53(62)63)11-8-12-42(14-17-45-27(2)37-20-32(45)50(56)57)15-18-46-28(3)38-21-33(46)51(58)59/h19-23H,6-18,24-25H2,1-5H3. The van der Waals surface area contributed by atoms with Crippen LogP contribution in [0.5, 0.6) is 0 Å². The Bertz CT molecular complexity index is 2290. The van der Waals surface area contributed by atoms with Gasteiger partial charge in [-0.25, -0.2) is 43.5 Å². The highest BCUT2D eigenvalue weighted by molar-refractivity contribution is 5.22. The molecule has 0 atom stereocenters. The zero-order chi connectivity index (χ0) is 46.0. The molecule has 0 spiro atoms. The van der Waals surface area contributed by atoms with E-state index in [1.54, 1.807) is 34.6 Å². The van der Waals surface area contributed by atoms with Gasteiger partial charge < -0.3 is 50.6 Å². The first kappa shape index (κ1) is 47.0. The van der Waals surface area contributed by atoms with Gasteiger partial charge in [0.25, 0.3) is 0 Å². The molecule has 5 rings (SSSR count). The van der Waals surface area contributed by atoms with Gasteiger partial charge in [0, 0.05) is 60.8 Å². The molecule has 5 aromatic heterocycles. The predicted octanol–water partition coefficient (Wildman–Crippen LogP) is 3.54. The Morgan fingerprint density at radius 3 is 0.921 bits per heavy atom. The van der Waals surface area contributed by atoms with Crippen molar-refractivity contribution in [2.24, 2.45) is 0 Å². The van der Waals surface area contributed by atoms with Gasteiger partial charge in [0.15, 0.2) is 42.5 Å². The third kappa shape index (κ3) is 11.9. The summed E-state index contributed by atoms with van der Waals surface area (Å²) in [7, 11) is 0. The van der Waals surface area contributed by atoms with Crippen LogP contribution < -0.4 is 0 Å². The first-order valence-corrected chi connectivity index (χ1v) is 20.0. The summed E-state index contributed by atoms with van der Waals surface area (Å²) < 4.78 is 7.39. The molecule has 28 heteroatoms. The SMILES string of the molecule is Cc1ncc([N+](=O)[O-])n1CCN(CCCCN(Cn1c([N+](=O)[O-])cnc1C)Cn1c([N+](=O)[O-])cnc1C)CCCN(CCn1c([N+](=O)[O-])cnc1C)CCn1c([N+](=O)[O-])cnc1C. The van der Waals surface area contributed by atoms with Crippen LogP contribution in [0.4, 0.5) is 29.1 Å². The maximum absolute atomic E-state index is 11.8. The average molecular weight is 883 g/mol. The number of unbranched alkanes of at least 4 members (excludes halogenated alkanes) is 1. The maximum atomic E-state index is 11.8. The summed E-state index contributed by atoms with van der Waals surface area (Å²) >= 11 is 0. The Balaban J connectivity index is 1.31. The third-order valence-electron chi connectivity index (χ3n) is 10.9. The average Bonchev–Trinajstić information content (AvgIpc) is 4.05. The Morgan fingerprint density at radius 1 is 0.381 bits per heavy atom. The number of aromatic nitrogens is 10. The molecule has 5 aromatic rings. The quantitative estimate of drug-likeness (QED) is 0.0413. The number of nitrogens with zero attached hydrogens (tertiary/aromatic N) is 18. The molecular weight excluding hydrogens is 833 g/mol. The largest absolute Gasteiger partial charge is 0.358 e. The van der Waals surface area contributed by atoms with Gasteiger partial charge in [-0.1, -0.05) is 0 Å². The van der Waals surface area contributed by atoms with E-state index in [0.29, 0.717) is 94.2 Å². The molecule has 5 heterocycles. The molecule has 0 fully saturated rings. The lowest BCUT2D eigenvalue weighted by Crippen LogP contribution is -2.36. The van der Waals surface area contributed by atoms with Crippen molar-refractivity contribution < 1.29 is 24.6 Å². The number of rotatable bonds is 27.